The molecule has 0 aliphatic heterocycles. The Morgan fingerprint density at radius 3 is 2.56 bits per heavy atom. The van der Waals surface area contributed by atoms with Crippen LogP contribution in [0.3, 0.4) is 0 Å². The highest BCUT2D eigenvalue weighted by Crippen LogP contribution is 2.29. The summed E-state index contributed by atoms with van der Waals surface area (Å²) in [4.78, 5) is 4.56. The van der Waals surface area contributed by atoms with E-state index < -0.39 is 0 Å². The van der Waals surface area contributed by atoms with Gasteiger partial charge in [0.2, 0.25) is 5.88 Å². The molecule has 3 rings (SSSR count). The summed E-state index contributed by atoms with van der Waals surface area (Å²) in [5, 5.41) is 1.19. The topological polar surface area (TPSA) is 22.1 Å². The van der Waals surface area contributed by atoms with Gasteiger partial charge in [-0.05, 0) is 42.0 Å². The van der Waals surface area contributed by atoms with Gasteiger partial charge in [-0.25, -0.2) is 4.98 Å². The Hall–Kier alpha value is -1.57. The summed E-state index contributed by atoms with van der Waals surface area (Å²) in [5.74, 6) is 0.758. The van der Waals surface area contributed by atoms with Crippen LogP contribution >= 0.6 is 0 Å². The first-order valence-electron chi connectivity index (χ1n) is 6.60. The summed E-state index contributed by atoms with van der Waals surface area (Å²) in [5.41, 5.74) is 2.53. The van der Waals surface area contributed by atoms with E-state index in [1.165, 1.54) is 23.8 Å². The van der Waals surface area contributed by atoms with Gasteiger partial charge in [-0.1, -0.05) is 26.8 Å². The number of ether oxygens (including phenoxy) is 1. The number of hydrogen-bond acceptors (Lipinski definition) is 2. The SMILES string of the molecule is CC(C)(C)c1ccc2nc(OC3CC3)ccc2c1. The summed E-state index contributed by atoms with van der Waals surface area (Å²) >= 11 is 0. The predicted octanol–water partition coefficient (Wildman–Crippen LogP) is 4.07. The maximum Gasteiger partial charge on any atom is 0.214 e. The molecule has 0 spiro atoms. The molecule has 1 saturated carbocycles. The van der Waals surface area contributed by atoms with Crippen LogP contribution in [0.25, 0.3) is 10.9 Å². The maximum absolute atomic E-state index is 5.72. The van der Waals surface area contributed by atoms with Crippen LogP contribution in [0.2, 0.25) is 0 Å². The van der Waals surface area contributed by atoms with Crippen molar-refractivity contribution in [1.29, 1.82) is 0 Å². The van der Waals surface area contributed by atoms with Crippen LogP contribution in [-0.2, 0) is 5.41 Å². The fourth-order valence-corrected chi connectivity index (χ4v) is 2.00. The smallest absolute Gasteiger partial charge is 0.214 e. The average Bonchev–Trinajstić information content (AvgIpc) is 3.11. The highest BCUT2D eigenvalue weighted by atomic mass is 16.5. The standard InChI is InChI=1S/C16H19NO/c1-16(2,3)12-5-8-14-11(10-12)4-9-15(17-14)18-13-6-7-13/h4-5,8-10,13H,6-7H2,1-3H3. The van der Waals surface area contributed by atoms with Gasteiger partial charge in [0.1, 0.15) is 6.10 Å². The molecule has 1 aliphatic rings. The molecule has 1 heterocycles. The van der Waals surface area contributed by atoms with E-state index in [2.05, 4.69) is 50.0 Å². The van der Waals surface area contributed by atoms with Gasteiger partial charge >= 0.3 is 0 Å². The zero-order valence-corrected chi connectivity index (χ0v) is 11.2. The van der Waals surface area contributed by atoms with Gasteiger partial charge in [0, 0.05) is 11.5 Å². The molecule has 1 aromatic carbocycles. The predicted molar refractivity (Wildman–Crippen MR) is 74.1 cm³/mol. The first-order chi connectivity index (χ1) is 8.52. The molecular formula is C16H19NO. The lowest BCUT2D eigenvalue weighted by Crippen LogP contribution is -2.10. The lowest BCUT2D eigenvalue weighted by molar-refractivity contribution is 0.292. The first kappa shape index (κ1) is 11.5. The van der Waals surface area contributed by atoms with E-state index >= 15 is 0 Å². The number of nitrogens with zero attached hydrogens (tertiary/aromatic N) is 1. The van der Waals surface area contributed by atoms with E-state index in [4.69, 9.17) is 4.74 Å². The molecule has 0 saturated heterocycles. The van der Waals surface area contributed by atoms with Crippen LogP contribution in [0.5, 0.6) is 5.88 Å². The second-order valence-electron chi connectivity index (χ2n) is 6.12. The summed E-state index contributed by atoms with van der Waals surface area (Å²) in [6.45, 7) is 6.69. The number of hydrogen-bond donors (Lipinski definition) is 0. The Morgan fingerprint density at radius 2 is 1.89 bits per heavy atom. The average molecular weight is 241 g/mol. The molecule has 0 N–H and O–H groups in total. The molecule has 0 atom stereocenters. The summed E-state index contributed by atoms with van der Waals surface area (Å²) < 4.78 is 5.72. The number of pyridine rings is 1. The van der Waals surface area contributed by atoms with Crippen LogP contribution < -0.4 is 4.74 Å². The highest BCUT2D eigenvalue weighted by Gasteiger charge is 2.24. The second-order valence-corrected chi connectivity index (χ2v) is 6.12. The number of aromatic nitrogens is 1. The van der Waals surface area contributed by atoms with E-state index in [9.17, 15) is 0 Å². The van der Waals surface area contributed by atoms with Gasteiger partial charge in [0.25, 0.3) is 0 Å². The highest BCUT2D eigenvalue weighted by molar-refractivity contribution is 5.80. The van der Waals surface area contributed by atoms with Crippen molar-refractivity contribution in [2.24, 2.45) is 0 Å². The first-order valence-corrected chi connectivity index (χ1v) is 6.60. The third-order valence-electron chi connectivity index (χ3n) is 3.34. The second kappa shape index (κ2) is 3.98. The Kier molecular flexibility index (Phi) is 2.54. The molecule has 18 heavy (non-hydrogen) atoms. The minimum atomic E-state index is 0.178. The Bertz CT molecular complexity index is 579. The minimum absolute atomic E-state index is 0.178. The molecule has 94 valence electrons. The Balaban J connectivity index is 1.97. The van der Waals surface area contributed by atoms with Crippen molar-refractivity contribution in [3.8, 4) is 5.88 Å². The Morgan fingerprint density at radius 1 is 1.11 bits per heavy atom. The van der Waals surface area contributed by atoms with Gasteiger partial charge < -0.3 is 4.74 Å². The van der Waals surface area contributed by atoms with Crippen molar-refractivity contribution in [1.82, 2.24) is 4.98 Å². The maximum atomic E-state index is 5.72. The molecule has 1 aliphatic carbocycles. The third kappa shape index (κ3) is 2.33. The fourth-order valence-electron chi connectivity index (χ4n) is 2.00. The zero-order valence-electron chi connectivity index (χ0n) is 11.2. The van der Waals surface area contributed by atoms with Crippen molar-refractivity contribution in [3.05, 3.63) is 35.9 Å². The number of rotatable bonds is 2. The van der Waals surface area contributed by atoms with Gasteiger partial charge in [-0.3, -0.25) is 0 Å². The van der Waals surface area contributed by atoms with Crippen LogP contribution in [0, 0.1) is 0 Å². The van der Waals surface area contributed by atoms with E-state index in [1.54, 1.807) is 0 Å². The molecular weight excluding hydrogens is 222 g/mol. The van der Waals surface area contributed by atoms with Gasteiger partial charge in [0.05, 0.1) is 5.52 Å². The minimum Gasteiger partial charge on any atom is -0.474 e. The lowest BCUT2D eigenvalue weighted by Gasteiger charge is -2.19. The quantitative estimate of drug-likeness (QED) is 0.790. The van der Waals surface area contributed by atoms with Crippen molar-refractivity contribution < 1.29 is 4.74 Å². The van der Waals surface area contributed by atoms with Crippen molar-refractivity contribution >= 4 is 10.9 Å². The molecule has 0 bridgehead atoms. The van der Waals surface area contributed by atoms with E-state index in [-0.39, 0.29) is 5.41 Å². The lowest BCUT2D eigenvalue weighted by atomic mass is 9.86. The van der Waals surface area contributed by atoms with Crippen LogP contribution in [0.4, 0.5) is 0 Å². The molecule has 0 radical (unpaired) electrons. The van der Waals surface area contributed by atoms with Crippen LogP contribution in [0.15, 0.2) is 30.3 Å². The van der Waals surface area contributed by atoms with Crippen molar-refractivity contribution in [3.63, 3.8) is 0 Å². The molecule has 1 aromatic heterocycles. The normalized spacial score (nSPS) is 15.9. The zero-order chi connectivity index (χ0) is 12.8. The molecule has 2 aromatic rings. The monoisotopic (exact) mass is 241 g/mol. The molecule has 0 amide bonds. The molecule has 1 fully saturated rings. The van der Waals surface area contributed by atoms with E-state index in [0.29, 0.717) is 6.10 Å². The number of benzene rings is 1. The van der Waals surface area contributed by atoms with Gasteiger partial charge in [-0.2, -0.15) is 0 Å². The summed E-state index contributed by atoms with van der Waals surface area (Å²) in [7, 11) is 0. The third-order valence-corrected chi connectivity index (χ3v) is 3.34. The van der Waals surface area contributed by atoms with Crippen LogP contribution in [-0.4, -0.2) is 11.1 Å². The number of fused-ring (bicyclic) bond motifs is 1. The molecule has 0 unspecified atom stereocenters. The van der Waals surface area contributed by atoms with Crippen LogP contribution in [0.1, 0.15) is 39.2 Å². The van der Waals surface area contributed by atoms with Gasteiger partial charge in [-0.15, -0.1) is 0 Å². The summed E-state index contributed by atoms with van der Waals surface area (Å²) in [6, 6.07) is 10.6. The van der Waals surface area contributed by atoms with E-state index in [1.807, 2.05) is 6.07 Å². The van der Waals surface area contributed by atoms with Gasteiger partial charge in [0.15, 0.2) is 0 Å². The largest absolute Gasteiger partial charge is 0.474 e. The molecule has 2 heteroatoms. The van der Waals surface area contributed by atoms with E-state index in [0.717, 1.165) is 11.4 Å². The van der Waals surface area contributed by atoms with Crippen molar-refractivity contribution in [2.75, 3.05) is 0 Å². The fraction of sp³-hybridized carbons (Fsp3) is 0.438. The summed E-state index contributed by atoms with van der Waals surface area (Å²) in [6.07, 6.45) is 2.74. The Labute approximate surface area is 108 Å². The molecule has 2 nitrogen and oxygen atoms in total. The van der Waals surface area contributed by atoms with Crippen molar-refractivity contribution in [2.45, 2.75) is 45.1 Å².